The third kappa shape index (κ3) is 5.30. The van der Waals surface area contributed by atoms with Gasteiger partial charge in [0.05, 0.1) is 11.5 Å². The van der Waals surface area contributed by atoms with Gasteiger partial charge < -0.3 is 10.6 Å². The molecule has 1 atom stereocenters. The smallest absolute Gasteiger partial charge is 0.263 e. The van der Waals surface area contributed by atoms with E-state index in [0.29, 0.717) is 6.42 Å². The van der Waals surface area contributed by atoms with Crippen LogP contribution in [0.15, 0.2) is 11.8 Å². The maximum absolute atomic E-state index is 11.8. The van der Waals surface area contributed by atoms with E-state index in [4.69, 9.17) is 5.26 Å². The highest BCUT2D eigenvalue weighted by molar-refractivity contribution is 7.91. The zero-order valence-corrected chi connectivity index (χ0v) is 12.2. The molecule has 1 unspecified atom stereocenters. The Balaban J connectivity index is 2.64. The van der Waals surface area contributed by atoms with E-state index in [1.807, 2.05) is 20.8 Å². The number of nitrogens with zero attached hydrogens (tertiary/aromatic N) is 1. The van der Waals surface area contributed by atoms with Crippen LogP contribution in [0.5, 0.6) is 0 Å². The first kappa shape index (κ1) is 15.5. The van der Waals surface area contributed by atoms with Crippen molar-refractivity contribution in [2.24, 2.45) is 0 Å². The summed E-state index contributed by atoms with van der Waals surface area (Å²) < 4.78 is 22.5. The molecule has 0 saturated carbocycles. The summed E-state index contributed by atoms with van der Waals surface area (Å²) in [6, 6.07) is 1.58. The summed E-state index contributed by atoms with van der Waals surface area (Å²) in [6.07, 6.45) is 1.80. The van der Waals surface area contributed by atoms with Crippen molar-refractivity contribution in [3.63, 3.8) is 0 Å². The molecule has 1 aliphatic heterocycles. The topological polar surface area (TPSA) is 99.1 Å². The van der Waals surface area contributed by atoms with Crippen molar-refractivity contribution in [2.45, 2.75) is 38.8 Å². The van der Waals surface area contributed by atoms with E-state index >= 15 is 0 Å². The molecule has 0 aromatic rings. The minimum atomic E-state index is -2.97. The van der Waals surface area contributed by atoms with Gasteiger partial charge in [-0.2, -0.15) is 5.26 Å². The lowest BCUT2D eigenvalue weighted by Gasteiger charge is -2.20. The van der Waals surface area contributed by atoms with Crippen LogP contribution in [-0.2, 0) is 14.6 Å². The molecule has 6 nitrogen and oxygen atoms in total. The predicted molar refractivity (Wildman–Crippen MR) is 71.8 cm³/mol. The summed E-state index contributed by atoms with van der Waals surface area (Å²) in [5.74, 6) is -0.277. The van der Waals surface area contributed by atoms with Crippen molar-refractivity contribution in [3.05, 3.63) is 11.8 Å². The summed E-state index contributed by atoms with van der Waals surface area (Å²) in [6.45, 7) is 5.45. The van der Waals surface area contributed by atoms with Gasteiger partial charge in [-0.25, -0.2) is 8.42 Å². The number of hydrogen-bond acceptors (Lipinski definition) is 5. The first-order valence-corrected chi connectivity index (χ1v) is 7.84. The van der Waals surface area contributed by atoms with Gasteiger partial charge in [0.2, 0.25) is 0 Å². The maximum atomic E-state index is 11.8. The summed E-state index contributed by atoms with van der Waals surface area (Å²) >= 11 is 0. The van der Waals surface area contributed by atoms with E-state index in [2.05, 4.69) is 10.6 Å². The summed E-state index contributed by atoms with van der Waals surface area (Å²) in [7, 11) is -2.97. The molecule has 0 radical (unpaired) electrons. The molecule has 1 aliphatic rings. The van der Waals surface area contributed by atoms with Crippen LogP contribution in [-0.4, -0.2) is 37.4 Å². The van der Waals surface area contributed by atoms with E-state index in [1.165, 1.54) is 6.20 Å². The van der Waals surface area contributed by atoms with Crippen molar-refractivity contribution in [1.82, 2.24) is 10.6 Å². The van der Waals surface area contributed by atoms with Crippen LogP contribution in [0.2, 0.25) is 0 Å². The number of amides is 1. The Kier molecular flexibility index (Phi) is 4.58. The molecule has 7 heteroatoms. The Labute approximate surface area is 113 Å². The van der Waals surface area contributed by atoms with Crippen molar-refractivity contribution in [3.8, 4) is 6.07 Å². The molecule has 0 aliphatic carbocycles. The number of nitriles is 1. The van der Waals surface area contributed by atoms with Gasteiger partial charge in [0.1, 0.15) is 11.6 Å². The second-order valence-electron chi connectivity index (χ2n) is 5.64. The van der Waals surface area contributed by atoms with Crippen LogP contribution in [0, 0.1) is 11.3 Å². The molecule has 0 bridgehead atoms. The van der Waals surface area contributed by atoms with Crippen LogP contribution in [0.25, 0.3) is 0 Å². The van der Waals surface area contributed by atoms with Crippen LogP contribution < -0.4 is 10.6 Å². The van der Waals surface area contributed by atoms with Gasteiger partial charge in [-0.05, 0) is 27.2 Å². The lowest BCUT2D eigenvalue weighted by Crippen LogP contribution is -2.41. The Morgan fingerprint density at radius 2 is 2.05 bits per heavy atom. The average molecular weight is 285 g/mol. The second kappa shape index (κ2) is 5.61. The number of hydrogen-bond donors (Lipinski definition) is 2. The molecule has 1 fully saturated rings. The monoisotopic (exact) mass is 285 g/mol. The third-order valence-corrected chi connectivity index (χ3v) is 4.32. The van der Waals surface area contributed by atoms with Gasteiger partial charge in [0.15, 0.2) is 9.84 Å². The Morgan fingerprint density at radius 3 is 2.47 bits per heavy atom. The SMILES string of the molecule is CC(C)(C)NC(=O)/C(C#N)=C\NC1CCS(=O)(=O)C1. The first-order valence-electron chi connectivity index (χ1n) is 6.02. The summed E-state index contributed by atoms with van der Waals surface area (Å²) in [5, 5.41) is 14.4. The minimum Gasteiger partial charge on any atom is -0.386 e. The minimum absolute atomic E-state index is 0.0447. The zero-order chi connectivity index (χ0) is 14.7. The quantitative estimate of drug-likeness (QED) is 0.565. The van der Waals surface area contributed by atoms with Crippen molar-refractivity contribution < 1.29 is 13.2 Å². The van der Waals surface area contributed by atoms with Crippen LogP contribution in [0.4, 0.5) is 0 Å². The van der Waals surface area contributed by atoms with E-state index in [0.717, 1.165) is 0 Å². The highest BCUT2D eigenvalue weighted by Crippen LogP contribution is 2.11. The molecule has 1 amide bonds. The Morgan fingerprint density at radius 1 is 1.42 bits per heavy atom. The molecule has 1 saturated heterocycles. The fourth-order valence-corrected chi connectivity index (χ4v) is 3.37. The van der Waals surface area contributed by atoms with E-state index < -0.39 is 21.3 Å². The van der Waals surface area contributed by atoms with Gasteiger partial charge in [-0.1, -0.05) is 0 Å². The zero-order valence-electron chi connectivity index (χ0n) is 11.4. The molecular weight excluding hydrogens is 266 g/mol. The number of nitrogens with one attached hydrogen (secondary N) is 2. The van der Waals surface area contributed by atoms with Gasteiger partial charge in [0, 0.05) is 17.8 Å². The van der Waals surface area contributed by atoms with Crippen LogP contribution in [0.3, 0.4) is 0 Å². The van der Waals surface area contributed by atoms with Crippen molar-refractivity contribution in [2.75, 3.05) is 11.5 Å². The van der Waals surface area contributed by atoms with Gasteiger partial charge in [0.25, 0.3) is 5.91 Å². The lowest BCUT2D eigenvalue weighted by atomic mass is 10.1. The normalized spacial score (nSPS) is 22.6. The van der Waals surface area contributed by atoms with E-state index in [-0.39, 0.29) is 23.1 Å². The molecule has 1 heterocycles. The number of rotatable bonds is 3. The number of sulfone groups is 1. The Bertz CT molecular complexity index is 523. The van der Waals surface area contributed by atoms with Crippen molar-refractivity contribution in [1.29, 1.82) is 5.26 Å². The largest absolute Gasteiger partial charge is 0.386 e. The fraction of sp³-hybridized carbons (Fsp3) is 0.667. The first-order chi connectivity index (χ1) is 8.63. The predicted octanol–water partition coefficient (Wildman–Crippen LogP) is 0.0853. The highest BCUT2D eigenvalue weighted by atomic mass is 32.2. The van der Waals surface area contributed by atoms with Crippen molar-refractivity contribution >= 4 is 15.7 Å². The number of carbonyl (C=O) groups excluding carboxylic acids is 1. The van der Waals surface area contributed by atoms with E-state index in [1.54, 1.807) is 6.07 Å². The highest BCUT2D eigenvalue weighted by Gasteiger charge is 2.27. The maximum Gasteiger partial charge on any atom is 0.263 e. The average Bonchev–Trinajstić information content (AvgIpc) is 2.56. The van der Waals surface area contributed by atoms with Gasteiger partial charge in [-0.15, -0.1) is 0 Å². The molecule has 2 N–H and O–H groups in total. The molecule has 106 valence electrons. The van der Waals surface area contributed by atoms with Gasteiger partial charge >= 0.3 is 0 Å². The molecular formula is C12H19N3O3S. The molecule has 0 spiro atoms. The summed E-state index contributed by atoms with van der Waals surface area (Å²) in [5.41, 5.74) is -0.483. The molecule has 1 rings (SSSR count). The third-order valence-electron chi connectivity index (χ3n) is 2.55. The number of carbonyl (C=O) groups is 1. The molecule has 19 heavy (non-hydrogen) atoms. The summed E-state index contributed by atoms with van der Waals surface area (Å²) in [4.78, 5) is 11.8. The fourth-order valence-electron chi connectivity index (χ4n) is 1.68. The molecule has 0 aromatic heterocycles. The van der Waals surface area contributed by atoms with Crippen LogP contribution >= 0.6 is 0 Å². The second-order valence-corrected chi connectivity index (χ2v) is 7.87. The molecule has 0 aromatic carbocycles. The van der Waals surface area contributed by atoms with Crippen LogP contribution in [0.1, 0.15) is 27.2 Å². The van der Waals surface area contributed by atoms with Gasteiger partial charge in [-0.3, -0.25) is 4.79 Å². The lowest BCUT2D eigenvalue weighted by molar-refractivity contribution is -0.118. The van der Waals surface area contributed by atoms with E-state index in [9.17, 15) is 13.2 Å². The Hall–Kier alpha value is -1.55. The standard InChI is InChI=1S/C12H19N3O3S/c1-12(2,3)15-11(16)9(6-13)7-14-10-4-5-19(17,18)8-10/h7,10,14H,4-5,8H2,1-3H3,(H,15,16)/b9-7-.